The van der Waals surface area contributed by atoms with Crippen LogP contribution < -0.4 is 5.32 Å². The van der Waals surface area contributed by atoms with Crippen LogP contribution in [-0.4, -0.2) is 40.1 Å². The zero-order valence-corrected chi connectivity index (χ0v) is 14.3. The molecule has 1 aliphatic rings. The molecule has 24 heavy (non-hydrogen) atoms. The van der Waals surface area contributed by atoms with Gasteiger partial charge in [-0.1, -0.05) is 23.7 Å². The van der Waals surface area contributed by atoms with E-state index in [-0.39, 0.29) is 12.6 Å². The van der Waals surface area contributed by atoms with Crippen LogP contribution in [-0.2, 0) is 11.2 Å². The molecule has 0 aliphatic carbocycles. The van der Waals surface area contributed by atoms with Crippen molar-refractivity contribution in [2.24, 2.45) is 5.92 Å². The van der Waals surface area contributed by atoms with E-state index in [1.165, 1.54) is 16.2 Å². The Kier molecular flexibility index (Phi) is 5.01. The van der Waals surface area contributed by atoms with Crippen LogP contribution in [0.15, 0.2) is 30.5 Å². The van der Waals surface area contributed by atoms with Crippen molar-refractivity contribution >= 4 is 40.1 Å². The molecule has 2 aromatic rings. The molecule has 0 spiro atoms. The Morgan fingerprint density at radius 1 is 1.46 bits per heavy atom. The van der Waals surface area contributed by atoms with Gasteiger partial charge in [0.1, 0.15) is 0 Å². The first-order valence-corrected chi connectivity index (χ1v) is 8.68. The van der Waals surface area contributed by atoms with Crippen LogP contribution >= 0.6 is 22.9 Å². The molecule has 1 fully saturated rings. The number of benzene rings is 1. The van der Waals surface area contributed by atoms with Crippen molar-refractivity contribution < 1.29 is 14.7 Å². The molecule has 1 unspecified atom stereocenters. The maximum Gasteiger partial charge on any atom is 0.323 e. The van der Waals surface area contributed by atoms with Crippen LogP contribution in [0.4, 0.5) is 9.93 Å². The summed E-state index contributed by atoms with van der Waals surface area (Å²) in [5, 5.41) is 12.9. The van der Waals surface area contributed by atoms with Gasteiger partial charge in [-0.05, 0) is 24.1 Å². The summed E-state index contributed by atoms with van der Waals surface area (Å²) in [7, 11) is 0. The molecular formula is C16H16ClN3O3S. The average molecular weight is 366 g/mol. The van der Waals surface area contributed by atoms with E-state index in [0.717, 1.165) is 10.4 Å². The molecule has 1 aromatic heterocycles. The summed E-state index contributed by atoms with van der Waals surface area (Å²) in [5.41, 5.74) is 1.08. The first kappa shape index (κ1) is 16.7. The van der Waals surface area contributed by atoms with Crippen LogP contribution in [0, 0.1) is 5.92 Å². The highest BCUT2D eigenvalue weighted by Gasteiger charge is 2.31. The number of hydrogen-bond acceptors (Lipinski definition) is 4. The fourth-order valence-electron chi connectivity index (χ4n) is 2.61. The smallest absolute Gasteiger partial charge is 0.323 e. The molecule has 1 aromatic carbocycles. The number of nitrogens with one attached hydrogen (secondary N) is 1. The largest absolute Gasteiger partial charge is 0.481 e. The third-order valence-corrected chi connectivity index (χ3v) is 5.01. The predicted octanol–water partition coefficient (Wildman–Crippen LogP) is 3.33. The minimum Gasteiger partial charge on any atom is -0.481 e. The number of aromatic nitrogens is 1. The normalized spacial score (nSPS) is 17.0. The molecule has 2 heterocycles. The lowest BCUT2D eigenvalue weighted by atomic mass is 10.1. The van der Waals surface area contributed by atoms with E-state index < -0.39 is 11.9 Å². The number of amides is 2. The number of carbonyl (C=O) groups is 2. The first-order chi connectivity index (χ1) is 11.5. The molecule has 0 radical (unpaired) electrons. The van der Waals surface area contributed by atoms with Gasteiger partial charge in [0.15, 0.2) is 5.13 Å². The Morgan fingerprint density at radius 3 is 3.00 bits per heavy atom. The van der Waals surface area contributed by atoms with E-state index in [2.05, 4.69) is 10.3 Å². The number of carboxylic acids is 1. The van der Waals surface area contributed by atoms with Crippen LogP contribution in [0.2, 0.25) is 5.02 Å². The molecule has 2 amide bonds. The van der Waals surface area contributed by atoms with Crippen molar-refractivity contribution in [3.05, 3.63) is 45.9 Å². The fourth-order valence-corrected chi connectivity index (χ4v) is 3.66. The molecule has 1 saturated heterocycles. The number of carboxylic acid groups (broad SMARTS) is 1. The van der Waals surface area contributed by atoms with Crippen LogP contribution in [0.25, 0.3) is 0 Å². The number of aliphatic carboxylic acids is 1. The van der Waals surface area contributed by atoms with Crippen molar-refractivity contribution in [3.8, 4) is 0 Å². The number of hydrogen-bond donors (Lipinski definition) is 2. The van der Waals surface area contributed by atoms with E-state index in [9.17, 15) is 9.59 Å². The van der Waals surface area contributed by atoms with E-state index in [0.29, 0.717) is 29.5 Å². The van der Waals surface area contributed by atoms with Gasteiger partial charge < -0.3 is 10.0 Å². The minimum absolute atomic E-state index is 0.238. The van der Waals surface area contributed by atoms with Gasteiger partial charge in [0, 0.05) is 35.6 Å². The Morgan fingerprint density at radius 2 is 2.29 bits per heavy atom. The fraction of sp³-hybridized carbons (Fsp3) is 0.312. The second kappa shape index (κ2) is 7.19. The summed E-state index contributed by atoms with van der Waals surface area (Å²) in [6, 6.07) is 7.30. The average Bonchev–Trinajstić information content (AvgIpc) is 3.17. The van der Waals surface area contributed by atoms with Gasteiger partial charge in [-0.15, -0.1) is 11.3 Å². The summed E-state index contributed by atoms with van der Waals surface area (Å²) in [6.45, 7) is 0.686. The molecular weight excluding hydrogens is 350 g/mol. The topological polar surface area (TPSA) is 82.5 Å². The minimum atomic E-state index is -0.858. The second-order valence-corrected chi connectivity index (χ2v) is 7.19. The van der Waals surface area contributed by atoms with Crippen LogP contribution in [0.1, 0.15) is 16.9 Å². The zero-order valence-electron chi connectivity index (χ0n) is 12.7. The Bertz CT molecular complexity index is 765. The number of urea groups is 1. The summed E-state index contributed by atoms with van der Waals surface area (Å²) in [6.07, 6.45) is 2.91. The number of anilines is 1. The summed E-state index contributed by atoms with van der Waals surface area (Å²) in [4.78, 5) is 29.9. The maximum absolute atomic E-state index is 12.2. The summed E-state index contributed by atoms with van der Waals surface area (Å²) >= 11 is 7.37. The quantitative estimate of drug-likeness (QED) is 0.870. The number of nitrogens with zero attached hydrogens (tertiary/aromatic N) is 2. The summed E-state index contributed by atoms with van der Waals surface area (Å²) < 4.78 is 0. The standard InChI is InChI=1S/C16H16ClN3O3S/c17-12-3-1-2-10(6-12)7-13-8-18-15(24-13)19-16(23)20-5-4-11(9-20)14(21)22/h1-3,6,8,11H,4-5,7,9H2,(H,21,22)(H,18,19,23). The van der Waals surface area contributed by atoms with Crippen LogP contribution in [0.3, 0.4) is 0 Å². The highest BCUT2D eigenvalue weighted by molar-refractivity contribution is 7.15. The maximum atomic E-state index is 12.2. The Labute approximate surface area is 148 Å². The number of thiazole rings is 1. The lowest BCUT2D eigenvalue weighted by molar-refractivity contribution is -0.141. The SMILES string of the molecule is O=C(O)C1CCN(C(=O)Nc2ncc(Cc3cccc(Cl)c3)s2)C1. The number of likely N-dealkylation sites (tertiary alicyclic amines) is 1. The third kappa shape index (κ3) is 4.04. The van der Waals surface area contributed by atoms with Crippen molar-refractivity contribution in [2.75, 3.05) is 18.4 Å². The van der Waals surface area contributed by atoms with Gasteiger partial charge in [-0.2, -0.15) is 0 Å². The van der Waals surface area contributed by atoms with Gasteiger partial charge in [0.2, 0.25) is 0 Å². The molecule has 126 valence electrons. The lowest BCUT2D eigenvalue weighted by Gasteiger charge is -2.15. The highest BCUT2D eigenvalue weighted by Crippen LogP contribution is 2.24. The molecule has 8 heteroatoms. The van der Waals surface area contributed by atoms with E-state index in [4.69, 9.17) is 16.7 Å². The molecule has 6 nitrogen and oxygen atoms in total. The number of halogens is 1. The monoisotopic (exact) mass is 365 g/mol. The van der Waals surface area contributed by atoms with E-state index >= 15 is 0 Å². The molecule has 0 saturated carbocycles. The van der Waals surface area contributed by atoms with Crippen molar-refractivity contribution in [1.82, 2.24) is 9.88 Å². The highest BCUT2D eigenvalue weighted by atomic mass is 35.5. The van der Waals surface area contributed by atoms with Crippen molar-refractivity contribution in [2.45, 2.75) is 12.8 Å². The number of carbonyl (C=O) groups excluding carboxylic acids is 1. The van der Waals surface area contributed by atoms with Crippen LogP contribution in [0.5, 0.6) is 0 Å². The van der Waals surface area contributed by atoms with E-state index in [1.807, 2.05) is 24.3 Å². The molecule has 1 aliphatic heterocycles. The van der Waals surface area contributed by atoms with Gasteiger partial charge in [-0.3, -0.25) is 10.1 Å². The van der Waals surface area contributed by atoms with E-state index in [1.54, 1.807) is 6.20 Å². The molecule has 0 bridgehead atoms. The van der Waals surface area contributed by atoms with Crippen molar-refractivity contribution in [3.63, 3.8) is 0 Å². The Balaban J connectivity index is 1.58. The molecule has 1 atom stereocenters. The third-order valence-electron chi connectivity index (χ3n) is 3.86. The summed E-state index contributed by atoms with van der Waals surface area (Å²) in [5.74, 6) is -1.34. The second-order valence-electron chi connectivity index (χ2n) is 5.64. The van der Waals surface area contributed by atoms with Gasteiger partial charge in [0.05, 0.1) is 5.92 Å². The zero-order chi connectivity index (χ0) is 17.1. The number of rotatable bonds is 4. The Hall–Kier alpha value is -2.12. The lowest BCUT2D eigenvalue weighted by Crippen LogP contribution is -2.33. The molecule has 2 N–H and O–H groups in total. The van der Waals surface area contributed by atoms with Gasteiger partial charge >= 0.3 is 12.0 Å². The first-order valence-electron chi connectivity index (χ1n) is 7.49. The van der Waals surface area contributed by atoms with Gasteiger partial charge in [-0.25, -0.2) is 9.78 Å². The predicted molar refractivity (Wildman–Crippen MR) is 92.7 cm³/mol. The van der Waals surface area contributed by atoms with Gasteiger partial charge in [0.25, 0.3) is 0 Å². The van der Waals surface area contributed by atoms with Crippen molar-refractivity contribution in [1.29, 1.82) is 0 Å². The molecule has 3 rings (SSSR count).